The summed E-state index contributed by atoms with van der Waals surface area (Å²) in [6.07, 6.45) is 1.55. The Labute approximate surface area is 166 Å². The molecule has 3 rings (SSSR count). The van der Waals surface area contributed by atoms with Crippen molar-refractivity contribution < 1.29 is 23.1 Å². The number of hydrogen-bond donors (Lipinski definition) is 1. The molecule has 0 unspecified atom stereocenters. The van der Waals surface area contributed by atoms with E-state index in [9.17, 15) is 9.18 Å². The van der Waals surface area contributed by atoms with Gasteiger partial charge in [-0.25, -0.2) is 14.2 Å². The highest BCUT2D eigenvalue weighted by molar-refractivity contribution is 6.36. The molecule has 0 saturated heterocycles. The number of methoxy groups -OCH3 is 2. The lowest BCUT2D eigenvalue weighted by Crippen LogP contribution is -2.10. The maximum absolute atomic E-state index is 14.9. The molecule has 0 bridgehead atoms. The van der Waals surface area contributed by atoms with Crippen LogP contribution in [0.5, 0.6) is 5.75 Å². The molecule has 2 aromatic heterocycles. The first-order chi connectivity index (χ1) is 13.5. The number of hydrogen-bond acceptors (Lipinski definition) is 6. The van der Waals surface area contributed by atoms with Crippen molar-refractivity contribution in [3.05, 3.63) is 64.5 Å². The third-order valence-electron chi connectivity index (χ3n) is 4.14. The smallest absolute Gasteiger partial charge is 0.358 e. The van der Waals surface area contributed by atoms with Gasteiger partial charge in [-0.15, -0.1) is 0 Å². The molecule has 0 atom stereocenters. The third kappa shape index (κ3) is 3.80. The van der Waals surface area contributed by atoms with Gasteiger partial charge in [0.2, 0.25) is 0 Å². The Balaban J connectivity index is 2.10. The zero-order valence-corrected chi connectivity index (χ0v) is 16.3. The van der Waals surface area contributed by atoms with E-state index >= 15 is 0 Å². The summed E-state index contributed by atoms with van der Waals surface area (Å²) in [4.78, 5) is 16.4. The Morgan fingerprint density at radius 1 is 1.32 bits per heavy atom. The summed E-state index contributed by atoms with van der Waals surface area (Å²) in [6.45, 7) is 2.05. The van der Waals surface area contributed by atoms with Crippen molar-refractivity contribution in [2.75, 3.05) is 19.5 Å². The maximum atomic E-state index is 14.9. The lowest BCUT2D eigenvalue weighted by atomic mass is 10.1. The van der Waals surface area contributed by atoms with Crippen molar-refractivity contribution in [3.8, 4) is 17.0 Å². The van der Waals surface area contributed by atoms with Crippen LogP contribution >= 0.6 is 11.6 Å². The highest BCUT2D eigenvalue weighted by Gasteiger charge is 2.22. The number of aromatic nitrogens is 1. The van der Waals surface area contributed by atoms with E-state index in [1.807, 2.05) is 0 Å². The van der Waals surface area contributed by atoms with Crippen LogP contribution in [-0.2, 0) is 11.3 Å². The summed E-state index contributed by atoms with van der Waals surface area (Å²) in [5, 5.41) is 3.15. The number of furan rings is 1. The van der Waals surface area contributed by atoms with Gasteiger partial charge in [-0.05, 0) is 36.8 Å². The minimum absolute atomic E-state index is 0.0710. The number of nitrogens with one attached hydrogen (secondary N) is 1. The van der Waals surface area contributed by atoms with Crippen LogP contribution in [0.2, 0.25) is 5.02 Å². The van der Waals surface area contributed by atoms with Gasteiger partial charge in [0.25, 0.3) is 0 Å². The molecule has 0 aliphatic heterocycles. The molecule has 2 heterocycles. The van der Waals surface area contributed by atoms with Crippen molar-refractivity contribution >= 4 is 23.3 Å². The Morgan fingerprint density at radius 3 is 2.75 bits per heavy atom. The predicted octanol–water partition coefficient (Wildman–Crippen LogP) is 4.85. The molecule has 1 N–H and O–H groups in total. The molecule has 146 valence electrons. The van der Waals surface area contributed by atoms with Crippen molar-refractivity contribution in [2.45, 2.75) is 13.5 Å². The molecule has 0 radical (unpaired) electrons. The van der Waals surface area contributed by atoms with E-state index in [1.165, 1.54) is 14.2 Å². The van der Waals surface area contributed by atoms with Crippen LogP contribution in [0.1, 0.15) is 21.8 Å². The Kier molecular flexibility index (Phi) is 5.84. The summed E-state index contributed by atoms with van der Waals surface area (Å²) in [6, 6.07) is 8.38. The second-order valence-electron chi connectivity index (χ2n) is 5.92. The van der Waals surface area contributed by atoms with E-state index in [0.29, 0.717) is 23.6 Å². The minimum atomic E-state index is -0.729. The Morgan fingerprint density at radius 2 is 2.11 bits per heavy atom. The molecule has 0 aliphatic carbocycles. The first-order valence-corrected chi connectivity index (χ1v) is 8.72. The van der Waals surface area contributed by atoms with Gasteiger partial charge < -0.3 is 19.2 Å². The number of esters is 1. The number of aryl methyl sites for hydroxylation is 1. The zero-order valence-electron chi connectivity index (χ0n) is 15.5. The Bertz CT molecular complexity index is 1010. The van der Waals surface area contributed by atoms with Crippen molar-refractivity contribution in [2.24, 2.45) is 0 Å². The van der Waals surface area contributed by atoms with Gasteiger partial charge in [-0.3, -0.25) is 0 Å². The molecule has 0 aliphatic rings. The second kappa shape index (κ2) is 8.31. The van der Waals surface area contributed by atoms with Crippen molar-refractivity contribution in [1.29, 1.82) is 0 Å². The van der Waals surface area contributed by atoms with Crippen LogP contribution in [0, 0.1) is 12.7 Å². The number of nitrogens with zero attached hydrogens (tertiary/aromatic N) is 1. The molecule has 28 heavy (non-hydrogen) atoms. The van der Waals surface area contributed by atoms with E-state index in [4.69, 9.17) is 25.5 Å². The number of halogens is 2. The monoisotopic (exact) mass is 404 g/mol. The average molecular weight is 405 g/mol. The first kappa shape index (κ1) is 19.7. The largest absolute Gasteiger partial charge is 0.493 e. The molecule has 1 aromatic carbocycles. The fourth-order valence-electron chi connectivity index (χ4n) is 2.72. The predicted molar refractivity (Wildman–Crippen MR) is 103 cm³/mol. The van der Waals surface area contributed by atoms with Crippen molar-refractivity contribution in [1.82, 2.24) is 4.98 Å². The minimum Gasteiger partial charge on any atom is -0.493 e. The number of carbonyl (C=O) groups excluding carboxylic acids is 1. The molecule has 0 amide bonds. The van der Waals surface area contributed by atoms with E-state index in [2.05, 4.69) is 10.3 Å². The fourth-order valence-corrected chi connectivity index (χ4v) is 2.97. The molecule has 0 saturated carbocycles. The van der Waals surface area contributed by atoms with Gasteiger partial charge in [0.1, 0.15) is 5.76 Å². The topological polar surface area (TPSA) is 73.6 Å². The number of anilines is 1. The summed E-state index contributed by atoms with van der Waals surface area (Å²) in [7, 11) is 2.61. The van der Waals surface area contributed by atoms with Gasteiger partial charge in [0.15, 0.2) is 17.3 Å². The lowest BCUT2D eigenvalue weighted by molar-refractivity contribution is 0.0594. The maximum Gasteiger partial charge on any atom is 0.358 e. The third-order valence-corrected chi connectivity index (χ3v) is 4.53. The van der Waals surface area contributed by atoms with Crippen molar-refractivity contribution in [3.63, 3.8) is 0 Å². The summed E-state index contributed by atoms with van der Waals surface area (Å²) >= 11 is 6.33. The van der Waals surface area contributed by atoms with E-state index in [1.54, 1.807) is 43.5 Å². The summed E-state index contributed by atoms with van der Waals surface area (Å²) in [5.74, 6) is -0.534. The van der Waals surface area contributed by atoms with Gasteiger partial charge in [-0.1, -0.05) is 17.7 Å². The Hall–Kier alpha value is -3.06. The fraction of sp³-hybridized carbons (Fsp3) is 0.200. The molecule has 0 fully saturated rings. The van der Waals surface area contributed by atoms with Gasteiger partial charge in [-0.2, -0.15) is 0 Å². The second-order valence-corrected chi connectivity index (χ2v) is 6.30. The van der Waals surface area contributed by atoms with Crippen LogP contribution in [0.4, 0.5) is 10.1 Å². The molecule has 8 heteroatoms. The number of carbonyl (C=O) groups is 1. The SMILES string of the molecule is COC(=O)c1nc(-c2ccc(C)c(OC)c2F)cc(NCc2ccco2)c1Cl. The molecular formula is C20H18ClFN2O4. The van der Waals surface area contributed by atoms with E-state index in [0.717, 1.165) is 0 Å². The summed E-state index contributed by atoms with van der Waals surface area (Å²) in [5.41, 5.74) is 1.29. The van der Waals surface area contributed by atoms with Gasteiger partial charge in [0.05, 0.1) is 43.4 Å². The number of ether oxygens (including phenoxy) is 2. The van der Waals surface area contributed by atoms with Crippen LogP contribution in [0.3, 0.4) is 0 Å². The van der Waals surface area contributed by atoms with Gasteiger partial charge in [0, 0.05) is 5.56 Å². The zero-order chi connectivity index (χ0) is 20.3. The van der Waals surface area contributed by atoms with Crippen LogP contribution < -0.4 is 10.1 Å². The van der Waals surface area contributed by atoms with Crippen LogP contribution in [0.25, 0.3) is 11.3 Å². The number of pyridine rings is 1. The molecule has 3 aromatic rings. The lowest BCUT2D eigenvalue weighted by Gasteiger charge is -2.14. The first-order valence-electron chi connectivity index (χ1n) is 8.34. The highest BCUT2D eigenvalue weighted by atomic mass is 35.5. The average Bonchev–Trinajstić information content (AvgIpc) is 3.21. The normalized spacial score (nSPS) is 10.6. The molecule has 6 nitrogen and oxygen atoms in total. The molecule has 0 spiro atoms. The van der Waals surface area contributed by atoms with E-state index < -0.39 is 11.8 Å². The number of benzene rings is 1. The number of rotatable bonds is 6. The van der Waals surface area contributed by atoms with Crippen LogP contribution in [-0.4, -0.2) is 25.2 Å². The highest BCUT2D eigenvalue weighted by Crippen LogP contribution is 2.35. The van der Waals surface area contributed by atoms with Gasteiger partial charge >= 0.3 is 5.97 Å². The quantitative estimate of drug-likeness (QED) is 0.592. The molecular weight excluding hydrogens is 387 g/mol. The van der Waals surface area contributed by atoms with Crippen LogP contribution in [0.15, 0.2) is 41.0 Å². The summed E-state index contributed by atoms with van der Waals surface area (Å²) < 4.78 is 30.1. The standard InChI is InChI=1S/C20H18ClFN2O4/c1-11-6-7-13(17(22)19(11)26-2)14-9-15(23-10-12-5-4-8-28-12)16(21)18(24-14)20(25)27-3/h4-9H,10H2,1-3H3,(H,23,24). The van der Waals surface area contributed by atoms with E-state index in [-0.39, 0.29) is 27.7 Å².